The van der Waals surface area contributed by atoms with Crippen LogP contribution in [0.3, 0.4) is 0 Å². The van der Waals surface area contributed by atoms with E-state index in [2.05, 4.69) is 0 Å². The lowest BCUT2D eigenvalue weighted by atomic mass is 10.0. The van der Waals surface area contributed by atoms with E-state index in [4.69, 9.17) is 10.8 Å². The lowest BCUT2D eigenvalue weighted by molar-refractivity contribution is -0.142. The Morgan fingerprint density at radius 3 is 2.57 bits per heavy atom. The van der Waals surface area contributed by atoms with Crippen molar-refractivity contribution in [2.75, 3.05) is 13.1 Å². The highest BCUT2D eigenvalue weighted by Gasteiger charge is 2.43. The molecule has 1 atom stereocenters. The molecular formula is C16H16N2O3. The molecule has 2 aromatic rings. The Morgan fingerprint density at radius 2 is 1.86 bits per heavy atom. The average molecular weight is 284 g/mol. The Kier molecular flexibility index (Phi) is 3.14. The number of nitrogens with zero attached hydrogens (tertiary/aromatic N) is 1. The number of fused-ring (bicyclic) bond motifs is 1. The van der Waals surface area contributed by atoms with E-state index in [-0.39, 0.29) is 18.9 Å². The Balaban J connectivity index is 1.94. The molecule has 0 aromatic heterocycles. The van der Waals surface area contributed by atoms with Crippen molar-refractivity contribution >= 4 is 22.6 Å². The van der Waals surface area contributed by atoms with Crippen LogP contribution in [0.5, 0.6) is 0 Å². The first-order chi connectivity index (χ1) is 10.0. The third kappa shape index (κ3) is 2.25. The van der Waals surface area contributed by atoms with Crippen LogP contribution in [0.2, 0.25) is 0 Å². The van der Waals surface area contributed by atoms with Gasteiger partial charge in [-0.3, -0.25) is 9.59 Å². The summed E-state index contributed by atoms with van der Waals surface area (Å²) in [5, 5.41) is 11.0. The van der Waals surface area contributed by atoms with Gasteiger partial charge < -0.3 is 15.7 Å². The Bertz CT molecular complexity index is 723. The minimum Gasteiger partial charge on any atom is -0.480 e. The van der Waals surface area contributed by atoms with E-state index in [1.807, 2.05) is 36.4 Å². The summed E-state index contributed by atoms with van der Waals surface area (Å²) >= 11 is 0. The first kappa shape index (κ1) is 13.6. The molecule has 1 heterocycles. The van der Waals surface area contributed by atoms with Gasteiger partial charge in [0.25, 0.3) is 5.91 Å². The number of aliphatic carboxylic acids is 1. The SMILES string of the molecule is NC1(C(=O)O)CCN(C(=O)c2cccc3ccccc23)C1. The molecule has 1 fully saturated rings. The van der Waals surface area contributed by atoms with Crippen molar-refractivity contribution in [1.29, 1.82) is 0 Å². The molecule has 108 valence electrons. The van der Waals surface area contributed by atoms with E-state index in [0.717, 1.165) is 10.8 Å². The predicted molar refractivity (Wildman–Crippen MR) is 79.0 cm³/mol. The van der Waals surface area contributed by atoms with Gasteiger partial charge in [-0.05, 0) is 23.3 Å². The van der Waals surface area contributed by atoms with Gasteiger partial charge >= 0.3 is 5.97 Å². The molecule has 2 aromatic carbocycles. The van der Waals surface area contributed by atoms with Crippen molar-refractivity contribution < 1.29 is 14.7 Å². The predicted octanol–water partition coefficient (Wildman–Crippen LogP) is 1.47. The van der Waals surface area contributed by atoms with Crippen LogP contribution < -0.4 is 5.73 Å². The number of nitrogens with two attached hydrogens (primary N) is 1. The summed E-state index contributed by atoms with van der Waals surface area (Å²) in [6.07, 6.45) is 0.277. The molecule has 1 saturated heterocycles. The number of carboxylic acids is 1. The van der Waals surface area contributed by atoms with E-state index in [1.165, 1.54) is 4.90 Å². The molecule has 0 aliphatic carbocycles. The molecule has 5 nitrogen and oxygen atoms in total. The van der Waals surface area contributed by atoms with Crippen LogP contribution in [0.4, 0.5) is 0 Å². The number of amides is 1. The second-order valence-electron chi connectivity index (χ2n) is 5.46. The van der Waals surface area contributed by atoms with Crippen LogP contribution in [0.1, 0.15) is 16.8 Å². The van der Waals surface area contributed by atoms with Gasteiger partial charge in [-0.25, -0.2) is 0 Å². The van der Waals surface area contributed by atoms with Crippen molar-refractivity contribution in [3.63, 3.8) is 0 Å². The number of benzene rings is 2. The summed E-state index contributed by atoms with van der Waals surface area (Å²) < 4.78 is 0. The van der Waals surface area contributed by atoms with E-state index in [1.54, 1.807) is 6.07 Å². The normalized spacial score (nSPS) is 21.7. The molecule has 1 amide bonds. The fourth-order valence-electron chi connectivity index (χ4n) is 2.76. The van der Waals surface area contributed by atoms with Crippen LogP contribution in [-0.4, -0.2) is 40.5 Å². The van der Waals surface area contributed by atoms with Gasteiger partial charge in [0.05, 0.1) is 0 Å². The summed E-state index contributed by atoms with van der Waals surface area (Å²) in [5.41, 5.74) is 5.08. The summed E-state index contributed by atoms with van der Waals surface area (Å²) in [5.74, 6) is -1.23. The number of hydrogen-bond acceptors (Lipinski definition) is 3. The molecule has 0 bridgehead atoms. The van der Waals surface area contributed by atoms with Crippen molar-refractivity contribution in [3.8, 4) is 0 Å². The van der Waals surface area contributed by atoms with Gasteiger partial charge in [0.2, 0.25) is 0 Å². The Hall–Kier alpha value is -2.40. The fraction of sp³-hybridized carbons (Fsp3) is 0.250. The maximum Gasteiger partial charge on any atom is 0.325 e. The average Bonchev–Trinajstić information content (AvgIpc) is 2.90. The van der Waals surface area contributed by atoms with E-state index in [0.29, 0.717) is 12.1 Å². The zero-order valence-electron chi connectivity index (χ0n) is 11.5. The second-order valence-corrected chi connectivity index (χ2v) is 5.46. The molecule has 1 unspecified atom stereocenters. The monoisotopic (exact) mass is 284 g/mol. The molecule has 21 heavy (non-hydrogen) atoms. The van der Waals surface area contributed by atoms with Gasteiger partial charge in [-0.2, -0.15) is 0 Å². The third-order valence-corrected chi connectivity index (χ3v) is 4.03. The lowest BCUT2D eigenvalue weighted by Crippen LogP contribution is -2.50. The quantitative estimate of drug-likeness (QED) is 0.874. The van der Waals surface area contributed by atoms with Crippen molar-refractivity contribution in [3.05, 3.63) is 48.0 Å². The second kappa shape index (κ2) is 4.86. The van der Waals surface area contributed by atoms with Crippen LogP contribution >= 0.6 is 0 Å². The molecule has 1 aliphatic rings. The summed E-state index contributed by atoms with van der Waals surface area (Å²) in [7, 11) is 0. The highest BCUT2D eigenvalue weighted by Crippen LogP contribution is 2.24. The molecule has 0 saturated carbocycles. The van der Waals surface area contributed by atoms with E-state index < -0.39 is 11.5 Å². The topological polar surface area (TPSA) is 83.6 Å². The van der Waals surface area contributed by atoms with Gasteiger partial charge in [0, 0.05) is 18.7 Å². The lowest BCUT2D eigenvalue weighted by Gasteiger charge is -2.20. The number of rotatable bonds is 2. The zero-order chi connectivity index (χ0) is 15.0. The number of hydrogen-bond donors (Lipinski definition) is 2. The van der Waals surface area contributed by atoms with Crippen LogP contribution in [0, 0.1) is 0 Å². The number of likely N-dealkylation sites (tertiary alicyclic amines) is 1. The van der Waals surface area contributed by atoms with Gasteiger partial charge in [-0.15, -0.1) is 0 Å². The third-order valence-electron chi connectivity index (χ3n) is 4.03. The largest absolute Gasteiger partial charge is 0.480 e. The molecule has 3 rings (SSSR count). The smallest absolute Gasteiger partial charge is 0.325 e. The van der Waals surface area contributed by atoms with E-state index >= 15 is 0 Å². The zero-order valence-corrected chi connectivity index (χ0v) is 11.5. The Labute approximate surface area is 122 Å². The standard InChI is InChI=1S/C16H16N2O3/c17-16(15(20)21)8-9-18(10-16)14(19)13-7-3-5-11-4-1-2-6-12(11)13/h1-7H,8-10,17H2,(H,20,21). The molecule has 0 spiro atoms. The summed E-state index contributed by atoms with van der Waals surface area (Å²) in [4.78, 5) is 25.3. The molecule has 5 heteroatoms. The first-order valence-corrected chi connectivity index (χ1v) is 6.81. The van der Waals surface area contributed by atoms with Crippen molar-refractivity contribution in [2.45, 2.75) is 12.0 Å². The summed E-state index contributed by atoms with van der Waals surface area (Å²) in [6.45, 7) is 0.412. The first-order valence-electron chi connectivity index (χ1n) is 6.81. The van der Waals surface area contributed by atoms with Gasteiger partial charge in [-0.1, -0.05) is 36.4 Å². The minimum atomic E-state index is -1.33. The number of carboxylic acid groups (broad SMARTS) is 1. The fourth-order valence-corrected chi connectivity index (χ4v) is 2.76. The number of carbonyl (C=O) groups excluding carboxylic acids is 1. The Morgan fingerprint density at radius 1 is 1.14 bits per heavy atom. The molecule has 0 radical (unpaired) electrons. The minimum absolute atomic E-state index is 0.0460. The highest BCUT2D eigenvalue weighted by molar-refractivity contribution is 6.07. The number of carbonyl (C=O) groups is 2. The maximum absolute atomic E-state index is 12.6. The van der Waals surface area contributed by atoms with Gasteiger partial charge in [0.15, 0.2) is 0 Å². The molecular weight excluding hydrogens is 268 g/mol. The van der Waals surface area contributed by atoms with Gasteiger partial charge in [0.1, 0.15) is 5.54 Å². The highest BCUT2D eigenvalue weighted by atomic mass is 16.4. The molecule has 3 N–H and O–H groups in total. The van der Waals surface area contributed by atoms with Crippen molar-refractivity contribution in [1.82, 2.24) is 4.90 Å². The van der Waals surface area contributed by atoms with Crippen LogP contribution in [0.15, 0.2) is 42.5 Å². The van der Waals surface area contributed by atoms with E-state index in [9.17, 15) is 9.59 Å². The van der Waals surface area contributed by atoms with Crippen LogP contribution in [-0.2, 0) is 4.79 Å². The van der Waals surface area contributed by atoms with Crippen LogP contribution in [0.25, 0.3) is 10.8 Å². The molecule has 1 aliphatic heterocycles. The van der Waals surface area contributed by atoms with Crippen molar-refractivity contribution in [2.24, 2.45) is 5.73 Å². The summed E-state index contributed by atoms with van der Waals surface area (Å²) in [6, 6.07) is 13.2. The maximum atomic E-state index is 12.6.